The fourth-order valence-corrected chi connectivity index (χ4v) is 3.14. The summed E-state index contributed by atoms with van der Waals surface area (Å²) in [4.78, 5) is 24.6. The number of rotatable bonds is 2. The second-order valence-corrected chi connectivity index (χ2v) is 6.24. The molecular weight excluding hydrogens is 339 g/mol. The van der Waals surface area contributed by atoms with Crippen LogP contribution in [0.3, 0.4) is 0 Å². The topological polar surface area (TPSA) is 76.7 Å². The molecule has 0 radical (unpaired) electrons. The fraction of sp³-hybridized carbons (Fsp3) is 0.263. The quantitative estimate of drug-likeness (QED) is 0.867. The van der Waals surface area contributed by atoms with E-state index in [2.05, 4.69) is 10.6 Å². The van der Waals surface area contributed by atoms with Crippen LogP contribution < -0.4 is 20.1 Å². The first kappa shape index (κ1) is 16.4. The van der Waals surface area contributed by atoms with Gasteiger partial charge in [0.05, 0.1) is 19.1 Å². The summed E-state index contributed by atoms with van der Waals surface area (Å²) < 4.78 is 24.6. The minimum absolute atomic E-state index is 0.00895. The third-order valence-electron chi connectivity index (χ3n) is 4.39. The number of fused-ring (bicyclic) bond motifs is 2. The molecule has 2 aromatic carbocycles. The highest BCUT2D eigenvalue weighted by Gasteiger charge is 2.31. The average Bonchev–Trinajstić information content (AvgIpc) is 2.85. The van der Waals surface area contributed by atoms with Crippen molar-refractivity contribution in [2.24, 2.45) is 0 Å². The van der Waals surface area contributed by atoms with Crippen molar-refractivity contribution in [2.45, 2.75) is 18.8 Å². The van der Waals surface area contributed by atoms with Crippen LogP contribution in [0.2, 0.25) is 0 Å². The first-order valence-electron chi connectivity index (χ1n) is 8.40. The van der Waals surface area contributed by atoms with Gasteiger partial charge in [-0.25, -0.2) is 4.39 Å². The summed E-state index contributed by atoms with van der Waals surface area (Å²) in [5, 5.41) is 5.41. The van der Waals surface area contributed by atoms with Crippen molar-refractivity contribution in [1.29, 1.82) is 0 Å². The van der Waals surface area contributed by atoms with Gasteiger partial charge in [0, 0.05) is 30.3 Å². The third kappa shape index (κ3) is 3.20. The van der Waals surface area contributed by atoms with Crippen molar-refractivity contribution in [3.8, 4) is 11.5 Å². The molecule has 0 bridgehead atoms. The van der Waals surface area contributed by atoms with Crippen molar-refractivity contribution >= 4 is 23.2 Å². The first-order valence-corrected chi connectivity index (χ1v) is 8.40. The van der Waals surface area contributed by atoms with E-state index in [-0.39, 0.29) is 18.2 Å². The highest BCUT2D eigenvalue weighted by Crippen LogP contribution is 2.35. The van der Waals surface area contributed by atoms with Crippen LogP contribution in [-0.2, 0) is 9.59 Å². The lowest BCUT2D eigenvalue weighted by molar-refractivity contribution is -0.123. The van der Waals surface area contributed by atoms with E-state index in [1.54, 1.807) is 18.2 Å². The van der Waals surface area contributed by atoms with Gasteiger partial charge in [0.25, 0.3) is 0 Å². The molecule has 0 aromatic heterocycles. The summed E-state index contributed by atoms with van der Waals surface area (Å²) >= 11 is 0. The highest BCUT2D eigenvalue weighted by molar-refractivity contribution is 6.05. The van der Waals surface area contributed by atoms with E-state index in [4.69, 9.17) is 9.47 Å². The van der Waals surface area contributed by atoms with E-state index in [9.17, 15) is 14.0 Å². The minimum atomic E-state index is -0.685. The van der Waals surface area contributed by atoms with Crippen LogP contribution >= 0.6 is 0 Å². The Morgan fingerprint density at radius 2 is 1.92 bits per heavy atom. The SMILES string of the molecule is O=C1C[C@@H](C(=O)Nc2ccc3c(c2)OCCCO3)c2ccc(F)cc2N1. The molecule has 2 heterocycles. The molecule has 7 heteroatoms. The van der Waals surface area contributed by atoms with Crippen LogP contribution in [0.25, 0.3) is 0 Å². The van der Waals surface area contributed by atoms with Crippen molar-refractivity contribution in [2.75, 3.05) is 23.8 Å². The molecule has 4 rings (SSSR count). The largest absolute Gasteiger partial charge is 0.490 e. The van der Waals surface area contributed by atoms with Gasteiger partial charge in [-0.1, -0.05) is 6.07 Å². The predicted octanol–water partition coefficient (Wildman–Crippen LogP) is 3.05. The second-order valence-electron chi connectivity index (χ2n) is 6.24. The molecule has 0 saturated heterocycles. The number of benzene rings is 2. The van der Waals surface area contributed by atoms with E-state index >= 15 is 0 Å². The number of hydrogen-bond acceptors (Lipinski definition) is 4. The highest BCUT2D eigenvalue weighted by atomic mass is 19.1. The molecule has 6 nitrogen and oxygen atoms in total. The lowest BCUT2D eigenvalue weighted by atomic mass is 9.89. The number of carbonyl (C=O) groups excluding carboxylic acids is 2. The van der Waals surface area contributed by atoms with Crippen molar-refractivity contribution in [1.82, 2.24) is 0 Å². The molecule has 0 spiro atoms. The smallest absolute Gasteiger partial charge is 0.232 e. The average molecular weight is 356 g/mol. The van der Waals surface area contributed by atoms with Crippen molar-refractivity contribution in [3.05, 3.63) is 47.8 Å². The van der Waals surface area contributed by atoms with E-state index in [0.29, 0.717) is 41.7 Å². The van der Waals surface area contributed by atoms with Gasteiger partial charge in [0.15, 0.2) is 11.5 Å². The Kier molecular flexibility index (Phi) is 4.20. The number of anilines is 2. The van der Waals surface area contributed by atoms with Crippen LogP contribution in [0.5, 0.6) is 11.5 Å². The number of hydrogen-bond donors (Lipinski definition) is 2. The second kappa shape index (κ2) is 6.67. The van der Waals surface area contributed by atoms with Crippen molar-refractivity contribution < 1.29 is 23.5 Å². The Bertz CT molecular complexity index is 884. The molecule has 2 amide bonds. The maximum absolute atomic E-state index is 13.4. The standard InChI is InChI=1S/C19H17FN2O4/c20-11-2-4-13-14(10-18(23)22-15(13)8-11)19(24)21-12-3-5-16-17(9-12)26-7-1-6-25-16/h2-5,8-9,14H,1,6-7,10H2,(H,21,24)(H,22,23)/t14-/m1/s1. The van der Waals surface area contributed by atoms with Crippen LogP contribution in [-0.4, -0.2) is 25.0 Å². The van der Waals surface area contributed by atoms with Crippen LogP contribution in [0.1, 0.15) is 24.3 Å². The molecule has 0 unspecified atom stereocenters. The molecule has 2 aliphatic heterocycles. The Morgan fingerprint density at radius 1 is 1.12 bits per heavy atom. The first-order chi connectivity index (χ1) is 12.6. The Morgan fingerprint density at radius 3 is 2.77 bits per heavy atom. The summed E-state index contributed by atoms with van der Waals surface area (Å²) in [5.74, 6) is -0.588. The third-order valence-corrected chi connectivity index (χ3v) is 4.39. The zero-order chi connectivity index (χ0) is 18.1. The Labute approximate surface area is 149 Å². The van der Waals surface area contributed by atoms with Gasteiger partial charge < -0.3 is 20.1 Å². The van der Waals surface area contributed by atoms with E-state index in [1.807, 2.05) is 0 Å². The predicted molar refractivity (Wildman–Crippen MR) is 93.1 cm³/mol. The molecule has 0 saturated carbocycles. The van der Waals surface area contributed by atoms with Gasteiger partial charge >= 0.3 is 0 Å². The van der Waals surface area contributed by atoms with Gasteiger partial charge in [0.2, 0.25) is 11.8 Å². The molecule has 0 aliphatic carbocycles. The Hall–Kier alpha value is -3.09. The number of halogens is 1. The van der Waals surface area contributed by atoms with Crippen LogP contribution in [0, 0.1) is 5.82 Å². The monoisotopic (exact) mass is 356 g/mol. The summed E-state index contributed by atoms with van der Waals surface area (Å²) in [5.41, 5.74) is 1.48. The van der Waals surface area contributed by atoms with Crippen LogP contribution in [0.15, 0.2) is 36.4 Å². The van der Waals surface area contributed by atoms with Gasteiger partial charge in [0.1, 0.15) is 5.82 Å². The molecule has 2 N–H and O–H groups in total. The van der Waals surface area contributed by atoms with Crippen molar-refractivity contribution in [3.63, 3.8) is 0 Å². The zero-order valence-corrected chi connectivity index (χ0v) is 13.9. The molecule has 1 atom stereocenters. The molecule has 134 valence electrons. The van der Waals surface area contributed by atoms with Crippen LogP contribution in [0.4, 0.5) is 15.8 Å². The Balaban J connectivity index is 1.57. The molecule has 2 aliphatic rings. The summed E-state index contributed by atoms with van der Waals surface area (Å²) in [6.45, 7) is 1.13. The number of carbonyl (C=O) groups is 2. The number of ether oxygens (including phenoxy) is 2. The van der Waals surface area contributed by atoms with Gasteiger partial charge in [-0.3, -0.25) is 9.59 Å². The summed E-state index contributed by atoms with van der Waals surface area (Å²) in [6.07, 6.45) is 0.802. The minimum Gasteiger partial charge on any atom is -0.490 e. The maximum atomic E-state index is 13.4. The fourth-order valence-electron chi connectivity index (χ4n) is 3.14. The molecular formula is C19H17FN2O4. The zero-order valence-electron chi connectivity index (χ0n) is 13.9. The van der Waals surface area contributed by atoms with E-state index in [1.165, 1.54) is 18.2 Å². The van der Waals surface area contributed by atoms with E-state index in [0.717, 1.165) is 6.42 Å². The molecule has 26 heavy (non-hydrogen) atoms. The molecule has 2 aromatic rings. The van der Waals surface area contributed by atoms with Gasteiger partial charge in [-0.15, -0.1) is 0 Å². The maximum Gasteiger partial charge on any atom is 0.232 e. The number of nitrogens with one attached hydrogen (secondary N) is 2. The normalized spacial score (nSPS) is 18.3. The van der Waals surface area contributed by atoms with E-state index < -0.39 is 11.7 Å². The molecule has 0 fully saturated rings. The number of amides is 2. The lowest BCUT2D eigenvalue weighted by Gasteiger charge is -2.25. The lowest BCUT2D eigenvalue weighted by Crippen LogP contribution is -2.30. The van der Waals surface area contributed by atoms with Gasteiger partial charge in [-0.05, 0) is 29.8 Å². The van der Waals surface area contributed by atoms with Gasteiger partial charge in [-0.2, -0.15) is 0 Å². The summed E-state index contributed by atoms with van der Waals surface area (Å²) in [6, 6.07) is 9.20. The summed E-state index contributed by atoms with van der Waals surface area (Å²) in [7, 11) is 0.